The standard InChI is InChI=1S/C20H26N6O3/c1-13-6-14(7-13)20(29)25-4-3-5-26-17(12-25)23-16(8-18(26)27)10-21-19(28)15-9-22-24(2)11-15/h8-9,11,13-14H,3-7,10,12H2,1-2H3,(H,21,28). The summed E-state index contributed by atoms with van der Waals surface area (Å²) in [6.07, 6.45) is 5.73. The smallest absolute Gasteiger partial charge is 0.254 e. The molecule has 0 bridgehead atoms. The Labute approximate surface area is 168 Å². The molecule has 0 saturated heterocycles. The summed E-state index contributed by atoms with van der Waals surface area (Å²) in [5.74, 6) is 1.19. The van der Waals surface area contributed by atoms with Crippen LogP contribution in [0.25, 0.3) is 0 Å². The van der Waals surface area contributed by atoms with Crippen LogP contribution in [0.4, 0.5) is 0 Å². The first kappa shape index (κ1) is 19.4. The lowest BCUT2D eigenvalue weighted by Crippen LogP contribution is -2.41. The first-order chi connectivity index (χ1) is 13.9. The largest absolute Gasteiger partial charge is 0.346 e. The van der Waals surface area contributed by atoms with Crippen LogP contribution >= 0.6 is 0 Å². The molecule has 0 atom stereocenters. The molecule has 0 unspecified atom stereocenters. The number of aromatic nitrogens is 4. The van der Waals surface area contributed by atoms with Gasteiger partial charge in [-0.05, 0) is 25.2 Å². The highest BCUT2D eigenvalue weighted by Gasteiger charge is 2.35. The summed E-state index contributed by atoms with van der Waals surface area (Å²) >= 11 is 0. The normalized spacial score (nSPS) is 21.1. The van der Waals surface area contributed by atoms with Gasteiger partial charge in [0.05, 0.1) is 30.5 Å². The van der Waals surface area contributed by atoms with E-state index >= 15 is 0 Å². The Balaban J connectivity index is 1.47. The van der Waals surface area contributed by atoms with Crippen LogP contribution in [0, 0.1) is 11.8 Å². The molecule has 0 aromatic carbocycles. The highest BCUT2D eigenvalue weighted by atomic mass is 16.2. The highest BCUT2D eigenvalue weighted by molar-refractivity contribution is 5.93. The second-order valence-corrected chi connectivity index (χ2v) is 8.13. The van der Waals surface area contributed by atoms with E-state index in [4.69, 9.17) is 0 Å². The first-order valence-corrected chi connectivity index (χ1v) is 10.1. The van der Waals surface area contributed by atoms with E-state index in [1.54, 1.807) is 22.5 Å². The minimum atomic E-state index is -0.272. The Morgan fingerprint density at radius 2 is 2.07 bits per heavy atom. The Morgan fingerprint density at radius 1 is 1.28 bits per heavy atom. The van der Waals surface area contributed by atoms with Crippen molar-refractivity contribution in [2.45, 2.75) is 45.8 Å². The monoisotopic (exact) mass is 398 g/mol. The van der Waals surface area contributed by atoms with Crippen LogP contribution in [-0.2, 0) is 31.5 Å². The van der Waals surface area contributed by atoms with Gasteiger partial charge in [-0.25, -0.2) is 4.98 Å². The molecule has 1 aliphatic carbocycles. The van der Waals surface area contributed by atoms with Crippen LogP contribution in [0.1, 0.15) is 48.1 Å². The maximum absolute atomic E-state index is 12.8. The fourth-order valence-electron chi connectivity index (χ4n) is 4.09. The molecule has 1 aliphatic heterocycles. The van der Waals surface area contributed by atoms with Crippen molar-refractivity contribution in [1.82, 2.24) is 29.5 Å². The van der Waals surface area contributed by atoms with E-state index in [9.17, 15) is 14.4 Å². The van der Waals surface area contributed by atoms with Gasteiger partial charge in [0.2, 0.25) is 5.91 Å². The SMILES string of the molecule is CC1CC(C(=O)N2CCCn3c(nc(CNC(=O)c4cnn(C)c4)cc3=O)C2)C1. The molecule has 4 rings (SSSR count). The molecule has 1 fully saturated rings. The van der Waals surface area contributed by atoms with Crippen molar-refractivity contribution < 1.29 is 9.59 Å². The van der Waals surface area contributed by atoms with Gasteiger partial charge in [-0.1, -0.05) is 6.92 Å². The number of aryl methyl sites for hydroxylation is 1. The summed E-state index contributed by atoms with van der Waals surface area (Å²) < 4.78 is 3.19. The summed E-state index contributed by atoms with van der Waals surface area (Å²) in [5.41, 5.74) is 0.794. The van der Waals surface area contributed by atoms with Crippen LogP contribution in [0.3, 0.4) is 0 Å². The first-order valence-electron chi connectivity index (χ1n) is 10.1. The maximum atomic E-state index is 12.8. The van der Waals surface area contributed by atoms with E-state index < -0.39 is 0 Å². The van der Waals surface area contributed by atoms with Gasteiger partial charge in [0.15, 0.2) is 0 Å². The Morgan fingerprint density at radius 3 is 2.76 bits per heavy atom. The zero-order valence-corrected chi connectivity index (χ0v) is 16.8. The van der Waals surface area contributed by atoms with Gasteiger partial charge >= 0.3 is 0 Å². The van der Waals surface area contributed by atoms with Crippen molar-refractivity contribution in [3.63, 3.8) is 0 Å². The molecule has 3 heterocycles. The molecule has 29 heavy (non-hydrogen) atoms. The van der Waals surface area contributed by atoms with Crippen LogP contribution in [0.15, 0.2) is 23.3 Å². The van der Waals surface area contributed by atoms with Crippen LogP contribution < -0.4 is 10.9 Å². The van der Waals surface area contributed by atoms with Crippen LogP contribution in [0.5, 0.6) is 0 Å². The molecule has 1 N–H and O–H groups in total. The average molecular weight is 398 g/mol. The average Bonchev–Trinajstić information content (AvgIpc) is 2.98. The van der Waals surface area contributed by atoms with Gasteiger partial charge in [-0.3, -0.25) is 23.6 Å². The number of hydrogen-bond donors (Lipinski definition) is 1. The lowest BCUT2D eigenvalue weighted by molar-refractivity contribution is -0.140. The number of rotatable bonds is 4. The third kappa shape index (κ3) is 4.08. The molecule has 2 aromatic heterocycles. The number of nitrogens with one attached hydrogen (secondary N) is 1. The van der Waals surface area contributed by atoms with Gasteiger partial charge in [0.25, 0.3) is 11.5 Å². The predicted molar refractivity (Wildman–Crippen MR) is 105 cm³/mol. The van der Waals surface area contributed by atoms with E-state index in [0.717, 1.165) is 19.3 Å². The van der Waals surface area contributed by atoms with E-state index in [1.807, 2.05) is 4.90 Å². The lowest BCUT2D eigenvalue weighted by Gasteiger charge is -2.35. The number of nitrogens with zero attached hydrogens (tertiary/aromatic N) is 5. The summed E-state index contributed by atoms with van der Waals surface area (Å²) in [4.78, 5) is 44.0. The number of fused-ring (bicyclic) bond motifs is 1. The Bertz CT molecular complexity index is 988. The van der Waals surface area contributed by atoms with E-state index in [-0.39, 0.29) is 29.8 Å². The molecule has 154 valence electrons. The lowest BCUT2D eigenvalue weighted by atomic mass is 9.75. The fourth-order valence-corrected chi connectivity index (χ4v) is 4.09. The minimum Gasteiger partial charge on any atom is -0.346 e. The maximum Gasteiger partial charge on any atom is 0.254 e. The van der Waals surface area contributed by atoms with Gasteiger partial charge in [-0.15, -0.1) is 0 Å². The number of carbonyl (C=O) groups is 2. The molecule has 2 amide bonds. The molecule has 1 saturated carbocycles. The second-order valence-electron chi connectivity index (χ2n) is 8.13. The summed E-state index contributed by atoms with van der Waals surface area (Å²) in [7, 11) is 1.74. The topological polar surface area (TPSA) is 102 Å². The fraction of sp³-hybridized carbons (Fsp3) is 0.550. The van der Waals surface area contributed by atoms with E-state index in [1.165, 1.54) is 12.3 Å². The third-order valence-corrected chi connectivity index (χ3v) is 5.71. The number of hydrogen-bond acceptors (Lipinski definition) is 5. The van der Waals surface area contributed by atoms with Crippen molar-refractivity contribution >= 4 is 11.8 Å². The molecule has 2 aromatic rings. The van der Waals surface area contributed by atoms with Crippen molar-refractivity contribution in [2.75, 3.05) is 6.54 Å². The Hall–Kier alpha value is -2.97. The molecule has 0 radical (unpaired) electrons. The summed E-state index contributed by atoms with van der Waals surface area (Å²) in [6.45, 7) is 3.83. The Kier molecular flexibility index (Phi) is 5.21. The molecular weight excluding hydrogens is 372 g/mol. The third-order valence-electron chi connectivity index (χ3n) is 5.71. The number of carbonyl (C=O) groups excluding carboxylic acids is 2. The van der Waals surface area contributed by atoms with Crippen LogP contribution in [0.2, 0.25) is 0 Å². The van der Waals surface area contributed by atoms with Crippen molar-refractivity contribution in [1.29, 1.82) is 0 Å². The zero-order chi connectivity index (χ0) is 20.5. The van der Waals surface area contributed by atoms with Gasteiger partial charge in [0, 0.05) is 38.3 Å². The molecule has 9 nitrogen and oxygen atoms in total. The summed E-state index contributed by atoms with van der Waals surface area (Å²) in [6, 6.07) is 1.46. The van der Waals surface area contributed by atoms with Gasteiger partial charge in [-0.2, -0.15) is 5.10 Å². The van der Waals surface area contributed by atoms with Crippen molar-refractivity contribution in [2.24, 2.45) is 18.9 Å². The minimum absolute atomic E-state index is 0.102. The van der Waals surface area contributed by atoms with Gasteiger partial charge < -0.3 is 10.2 Å². The predicted octanol–water partition coefficient (Wildman–Crippen LogP) is 0.685. The molecule has 2 aliphatic rings. The zero-order valence-electron chi connectivity index (χ0n) is 16.8. The van der Waals surface area contributed by atoms with Gasteiger partial charge in [0.1, 0.15) is 5.82 Å². The second kappa shape index (κ2) is 7.81. The molecule has 0 spiro atoms. The molecular formula is C20H26N6O3. The number of amides is 2. The van der Waals surface area contributed by atoms with Crippen molar-refractivity contribution in [3.05, 3.63) is 45.9 Å². The van der Waals surface area contributed by atoms with Crippen molar-refractivity contribution in [3.8, 4) is 0 Å². The molecule has 9 heteroatoms. The van der Waals surface area contributed by atoms with E-state index in [2.05, 4.69) is 22.3 Å². The van der Waals surface area contributed by atoms with Crippen LogP contribution in [-0.4, -0.2) is 42.6 Å². The quantitative estimate of drug-likeness (QED) is 0.816. The highest BCUT2D eigenvalue weighted by Crippen LogP contribution is 2.34. The van der Waals surface area contributed by atoms with E-state index in [0.29, 0.717) is 42.6 Å². The summed E-state index contributed by atoms with van der Waals surface area (Å²) in [5, 5.41) is 6.75.